The average molecular weight is 317 g/mol. The lowest BCUT2D eigenvalue weighted by molar-refractivity contribution is 0.203. The van der Waals surface area contributed by atoms with Crippen LogP contribution < -0.4 is 5.32 Å². The molecule has 1 aromatic heterocycles. The number of rotatable bonds is 3. The van der Waals surface area contributed by atoms with E-state index in [1.807, 2.05) is 4.90 Å². The number of hydrogen-bond donors (Lipinski definition) is 1. The Morgan fingerprint density at radius 3 is 2.83 bits per heavy atom. The van der Waals surface area contributed by atoms with Crippen molar-refractivity contribution in [1.29, 1.82) is 0 Å². The molecule has 126 valence electrons. The van der Waals surface area contributed by atoms with Crippen molar-refractivity contribution < 1.29 is 9.32 Å². The lowest BCUT2D eigenvalue weighted by atomic mass is 9.90. The molecule has 1 aromatic rings. The second-order valence-electron chi connectivity index (χ2n) is 7.44. The number of hydrogen-bond acceptors (Lipinski definition) is 3. The summed E-state index contributed by atoms with van der Waals surface area (Å²) < 4.78 is 5.41. The lowest BCUT2D eigenvalue weighted by Gasteiger charge is -2.20. The molecule has 1 aliphatic heterocycles. The number of urea groups is 1. The molecular weight excluding hydrogens is 290 g/mol. The zero-order valence-corrected chi connectivity index (χ0v) is 13.9. The maximum Gasteiger partial charge on any atom is 0.317 e. The first-order chi connectivity index (χ1) is 11.3. The molecule has 5 heteroatoms. The maximum atomic E-state index is 12.4. The SMILES string of the molecule is O=C(NCc1noc2c1CCCC2)N1CCC(C2CCCC2)C1. The Morgan fingerprint density at radius 1 is 1.13 bits per heavy atom. The third-order valence-electron chi connectivity index (χ3n) is 6.02. The number of fused-ring (bicyclic) bond motifs is 1. The smallest absolute Gasteiger partial charge is 0.317 e. The van der Waals surface area contributed by atoms with E-state index >= 15 is 0 Å². The van der Waals surface area contributed by atoms with Gasteiger partial charge in [-0.25, -0.2) is 4.79 Å². The number of amides is 2. The van der Waals surface area contributed by atoms with Crippen LogP contribution in [0.25, 0.3) is 0 Å². The minimum atomic E-state index is 0.0676. The van der Waals surface area contributed by atoms with Crippen LogP contribution in [0.4, 0.5) is 4.79 Å². The van der Waals surface area contributed by atoms with E-state index in [-0.39, 0.29) is 6.03 Å². The molecule has 1 unspecified atom stereocenters. The van der Waals surface area contributed by atoms with Crippen molar-refractivity contribution in [2.45, 2.75) is 64.3 Å². The van der Waals surface area contributed by atoms with Crippen LogP contribution in [0.2, 0.25) is 0 Å². The van der Waals surface area contributed by atoms with Gasteiger partial charge in [-0.3, -0.25) is 0 Å². The van der Waals surface area contributed by atoms with Gasteiger partial charge in [0, 0.05) is 25.1 Å². The van der Waals surface area contributed by atoms with Crippen LogP contribution in [-0.4, -0.2) is 29.2 Å². The number of carbonyl (C=O) groups excluding carboxylic acids is 1. The summed E-state index contributed by atoms with van der Waals surface area (Å²) >= 11 is 0. The van der Waals surface area contributed by atoms with Gasteiger partial charge in [0.05, 0.1) is 6.54 Å². The van der Waals surface area contributed by atoms with E-state index in [0.717, 1.165) is 49.2 Å². The molecule has 1 saturated carbocycles. The molecule has 1 atom stereocenters. The van der Waals surface area contributed by atoms with Gasteiger partial charge in [0.1, 0.15) is 11.5 Å². The van der Waals surface area contributed by atoms with Crippen molar-refractivity contribution in [1.82, 2.24) is 15.4 Å². The van der Waals surface area contributed by atoms with Crippen molar-refractivity contribution >= 4 is 6.03 Å². The number of nitrogens with one attached hydrogen (secondary N) is 1. The second-order valence-corrected chi connectivity index (χ2v) is 7.44. The first kappa shape index (κ1) is 15.0. The van der Waals surface area contributed by atoms with Crippen LogP contribution in [0.15, 0.2) is 4.52 Å². The van der Waals surface area contributed by atoms with Gasteiger partial charge in [-0.15, -0.1) is 0 Å². The number of likely N-dealkylation sites (tertiary alicyclic amines) is 1. The van der Waals surface area contributed by atoms with E-state index in [9.17, 15) is 4.79 Å². The van der Waals surface area contributed by atoms with Gasteiger partial charge in [-0.1, -0.05) is 30.8 Å². The van der Waals surface area contributed by atoms with Crippen molar-refractivity contribution in [3.63, 3.8) is 0 Å². The topological polar surface area (TPSA) is 58.4 Å². The zero-order chi connectivity index (χ0) is 15.6. The van der Waals surface area contributed by atoms with E-state index in [1.54, 1.807) is 0 Å². The highest BCUT2D eigenvalue weighted by molar-refractivity contribution is 5.74. The number of aryl methyl sites for hydroxylation is 1. The molecule has 2 heterocycles. The predicted molar refractivity (Wildman–Crippen MR) is 87.0 cm³/mol. The molecule has 1 saturated heterocycles. The third-order valence-corrected chi connectivity index (χ3v) is 6.02. The number of nitrogens with zero attached hydrogens (tertiary/aromatic N) is 2. The molecule has 1 N–H and O–H groups in total. The Labute approximate surface area is 137 Å². The van der Waals surface area contributed by atoms with Crippen molar-refractivity contribution in [2.24, 2.45) is 11.8 Å². The molecule has 2 aliphatic carbocycles. The van der Waals surface area contributed by atoms with Crippen LogP contribution in [0.5, 0.6) is 0 Å². The highest BCUT2D eigenvalue weighted by Gasteiger charge is 2.33. The molecule has 2 amide bonds. The summed E-state index contributed by atoms with van der Waals surface area (Å²) in [5, 5.41) is 7.22. The summed E-state index contributed by atoms with van der Waals surface area (Å²) in [6, 6.07) is 0.0676. The van der Waals surface area contributed by atoms with Crippen molar-refractivity contribution in [3.8, 4) is 0 Å². The fourth-order valence-electron chi connectivity index (χ4n) is 4.64. The molecule has 0 bridgehead atoms. The Hall–Kier alpha value is -1.52. The minimum Gasteiger partial charge on any atom is -0.361 e. The molecule has 23 heavy (non-hydrogen) atoms. The van der Waals surface area contributed by atoms with Gasteiger partial charge < -0.3 is 14.7 Å². The Morgan fingerprint density at radius 2 is 1.96 bits per heavy atom. The normalized spacial score (nSPS) is 24.9. The molecular formula is C18H27N3O2. The Balaban J connectivity index is 1.29. The highest BCUT2D eigenvalue weighted by atomic mass is 16.5. The number of carbonyl (C=O) groups is 1. The van der Waals surface area contributed by atoms with Gasteiger partial charge in [0.25, 0.3) is 0 Å². The fraction of sp³-hybridized carbons (Fsp3) is 0.778. The average Bonchev–Trinajstić information content (AvgIpc) is 3.31. The first-order valence-corrected chi connectivity index (χ1v) is 9.30. The third kappa shape index (κ3) is 3.10. The van der Waals surface area contributed by atoms with Crippen LogP contribution in [-0.2, 0) is 19.4 Å². The standard InChI is InChI=1S/C18H27N3O2/c22-18(21-10-9-14(12-21)13-5-1-2-6-13)19-11-16-15-7-3-4-8-17(15)23-20-16/h13-14H,1-12H2,(H,19,22). The molecule has 3 aliphatic rings. The lowest BCUT2D eigenvalue weighted by Crippen LogP contribution is -2.38. The molecule has 4 rings (SSSR count). The molecule has 2 fully saturated rings. The monoisotopic (exact) mass is 317 g/mol. The fourth-order valence-corrected chi connectivity index (χ4v) is 4.64. The van der Waals surface area contributed by atoms with Gasteiger partial charge in [-0.05, 0) is 37.5 Å². The van der Waals surface area contributed by atoms with Gasteiger partial charge in [-0.2, -0.15) is 0 Å². The van der Waals surface area contributed by atoms with Crippen LogP contribution >= 0.6 is 0 Å². The summed E-state index contributed by atoms with van der Waals surface area (Å²) in [4.78, 5) is 14.4. The zero-order valence-electron chi connectivity index (χ0n) is 13.9. The first-order valence-electron chi connectivity index (χ1n) is 9.30. The van der Waals surface area contributed by atoms with E-state index in [1.165, 1.54) is 50.5 Å². The predicted octanol–water partition coefficient (Wildman–Crippen LogP) is 3.28. The van der Waals surface area contributed by atoms with Crippen LogP contribution in [0, 0.1) is 11.8 Å². The van der Waals surface area contributed by atoms with E-state index < -0.39 is 0 Å². The summed E-state index contributed by atoms with van der Waals surface area (Å²) in [6.45, 7) is 2.35. The quantitative estimate of drug-likeness (QED) is 0.931. The molecule has 0 radical (unpaired) electrons. The Kier molecular flexibility index (Phi) is 4.27. The summed E-state index contributed by atoms with van der Waals surface area (Å²) in [6.07, 6.45) is 11.1. The van der Waals surface area contributed by atoms with Crippen LogP contribution in [0.1, 0.15) is 62.0 Å². The van der Waals surface area contributed by atoms with Crippen molar-refractivity contribution in [3.05, 3.63) is 17.0 Å². The summed E-state index contributed by atoms with van der Waals surface area (Å²) in [7, 11) is 0. The molecule has 5 nitrogen and oxygen atoms in total. The largest absolute Gasteiger partial charge is 0.361 e. The Bertz CT molecular complexity index is 563. The van der Waals surface area contributed by atoms with Gasteiger partial charge in [0.2, 0.25) is 0 Å². The summed E-state index contributed by atoms with van der Waals surface area (Å²) in [5.41, 5.74) is 2.17. The molecule has 0 spiro atoms. The van der Waals surface area contributed by atoms with E-state index in [2.05, 4.69) is 10.5 Å². The summed E-state index contributed by atoms with van der Waals surface area (Å²) in [5.74, 6) is 2.61. The van der Waals surface area contributed by atoms with Crippen LogP contribution in [0.3, 0.4) is 0 Å². The van der Waals surface area contributed by atoms with Crippen molar-refractivity contribution in [2.75, 3.05) is 13.1 Å². The second kappa shape index (κ2) is 6.54. The van der Waals surface area contributed by atoms with Gasteiger partial charge >= 0.3 is 6.03 Å². The minimum absolute atomic E-state index is 0.0676. The van der Waals surface area contributed by atoms with Gasteiger partial charge in [0.15, 0.2) is 0 Å². The maximum absolute atomic E-state index is 12.4. The number of aromatic nitrogens is 1. The van der Waals surface area contributed by atoms with E-state index in [0.29, 0.717) is 6.54 Å². The molecule has 0 aromatic carbocycles. The highest BCUT2D eigenvalue weighted by Crippen LogP contribution is 2.36. The van der Waals surface area contributed by atoms with E-state index in [4.69, 9.17) is 4.52 Å².